The first-order chi connectivity index (χ1) is 12.6. The summed E-state index contributed by atoms with van der Waals surface area (Å²) in [5.74, 6) is -0.135. The maximum atomic E-state index is 13.2. The highest BCUT2D eigenvalue weighted by molar-refractivity contribution is 9.10. The Balaban J connectivity index is 1.50. The molecule has 2 aromatic rings. The van der Waals surface area contributed by atoms with Gasteiger partial charge < -0.3 is 9.80 Å². The second-order valence-corrected chi connectivity index (χ2v) is 7.89. The van der Waals surface area contributed by atoms with Crippen LogP contribution < -0.4 is 4.90 Å². The van der Waals surface area contributed by atoms with Crippen LogP contribution in [0.5, 0.6) is 0 Å². The highest BCUT2D eigenvalue weighted by atomic mass is 79.9. The fourth-order valence-corrected chi connectivity index (χ4v) is 4.06. The number of benzene rings is 2. The fourth-order valence-electron chi connectivity index (χ4n) is 3.56. The Morgan fingerprint density at radius 3 is 2.46 bits per heavy atom. The number of carbonyl (C=O) groups excluding carboxylic acids is 2. The molecule has 1 saturated carbocycles. The zero-order valence-corrected chi connectivity index (χ0v) is 16.1. The van der Waals surface area contributed by atoms with Crippen molar-refractivity contribution in [2.24, 2.45) is 5.92 Å². The number of anilines is 1. The van der Waals surface area contributed by atoms with Gasteiger partial charge in [0.15, 0.2) is 0 Å². The molecule has 1 aliphatic carbocycles. The predicted molar refractivity (Wildman–Crippen MR) is 105 cm³/mol. The van der Waals surface area contributed by atoms with E-state index in [1.54, 1.807) is 4.90 Å². The van der Waals surface area contributed by atoms with Gasteiger partial charge in [0.05, 0.1) is 11.6 Å². The van der Waals surface area contributed by atoms with Crippen LogP contribution in [0.2, 0.25) is 0 Å². The number of hydrogen-bond acceptors (Lipinski definition) is 2. The maximum absolute atomic E-state index is 13.2. The summed E-state index contributed by atoms with van der Waals surface area (Å²) in [7, 11) is 0. The van der Waals surface area contributed by atoms with Crippen LogP contribution >= 0.6 is 15.9 Å². The number of hydrogen-bond donors (Lipinski definition) is 0. The Morgan fingerprint density at radius 1 is 1.08 bits per heavy atom. The summed E-state index contributed by atoms with van der Waals surface area (Å²) < 4.78 is 0.879. The van der Waals surface area contributed by atoms with E-state index in [0.29, 0.717) is 19.1 Å². The molecule has 0 aromatic heterocycles. The fraction of sp³-hybridized carbons (Fsp3) is 0.333. The number of nitrogens with zero attached hydrogens (tertiary/aromatic N) is 2. The first kappa shape index (κ1) is 17.3. The Labute approximate surface area is 161 Å². The lowest BCUT2D eigenvalue weighted by molar-refractivity contribution is -0.137. The van der Waals surface area contributed by atoms with Gasteiger partial charge in [-0.2, -0.15) is 0 Å². The molecule has 2 fully saturated rings. The average molecular weight is 413 g/mol. The minimum atomic E-state index is -0.265. The lowest BCUT2D eigenvalue weighted by Gasteiger charge is -2.26. The molecule has 0 N–H and O–H groups in total. The van der Waals surface area contributed by atoms with E-state index in [1.807, 2.05) is 47.4 Å². The Morgan fingerprint density at radius 2 is 1.77 bits per heavy atom. The zero-order valence-electron chi connectivity index (χ0n) is 14.5. The highest BCUT2D eigenvalue weighted by Gasteiger charge is 2.41. The van der Waals surface area contributed by atoms with Crippen LogP contribution in [0.1, 0.15) is 24.8 Å². The Bertz CT molecular complexity index is 820. The SMILES string of the molecule is O=C1CC(C(=O)N(Cc2ccccc2)C2CC2)CN1c1ccccc1Br. The third-order valence-corrected chi connectivity index (χ3v) is 5.75. The Kier molecular flexibility index (Phi) is 4.81. The zero-order chi connectivity index (χ0) is 18.1. The van der Waals surface area contributed by atoms with E-state index in [-0.39, 0.29) is 24.2 Å². The van der Waals surface area contributed by atoms with Crippen molar-refractivity contribution >= 4 is 33.4 Å². The molecule has 5 heteroatoms. The number of carbonyl (C=O) groups is 2. The van der Waals surface area contributed by atoms with E-state index in [2.05, 4.69) is 28.1 Å². The van der Waals surface area contributed by atoms with Crippen LogP contribution in [0.3, 0.4) is 0 Å². The molecule has 1 aliphatic heterocycles. The molecule has 2 aromatic carbocycles. The minimum Gasteiger partial charge on any atom is -0.335 e. The molecule has 0 bridgehead atoms. The lowest BCUT2D eigenvalue weighted by atomic mass is 10.1. The molecule has 2 aliphatic rings. The predicted octanol–water partition coefficient (Wildman–Crippen LogP) is 3.99. The van der Waals surface area contributed by atoms with Crippen LogP contribution in [-0.2, 0) is 16.1 Å². The van der Waals surface area contributed by atoms with Crippen molar-refractivity contribution in [2.45, 2.75) is 31.8 Å². The summed E-state index contributed by atoms with van der Waals surface area (Å²) in [6.45, 7) is 1.09. The maximum Gasteiger partial charge on any atom is 0.228 e. The first-order valence-corrected chi connectivity index (χ1v) is 9.82. The molecule has 1 atom stereocenters. The molecular weight excluding hydrogens is 392 g/mol. The third kappa shape index (κ3) is 3.54. The van der Waals surface area contributed by atoms with Crippen molar-refractivity contribution in [3.8, 4) is 0 Å². The van der Waals surface area contributed by atoms with Gasteiger partial charge in [0.1, 0.15) is 0 Å². The van der Waals surface area contributed by atoms with Crippen molar-refractivity contribution in [3.05, 3.63) is 64.6 Å². The molecule has 26 heavy (non-hydrogen) atoms. The van der Waals surface area contributed by atoms with E-state index in [0.717, 1.165) is 28.6 Å². The third-order valence-electron chi connectivity index (χ3n) is 5.08. The van der Waals surface area contributed by atoms with Gasteiger partial charge in [-0.1, -0.05) is 42.5 Å². The number of amides is 2. The van der Waals surface area contributed by atoms with Crippen molar-refractivity contribution in [2.75, 3.05) is 11.4 Å². The van der Waals surface area contributed by atoms with Gasteiger partial charge in [0.2, 0.25) is 11.8 Å². The smallest absolute Gasteiger partial charge is 0.228 e. The Hall–Kier alpha value is -2.14. The quantitative estimate of drug-likeness (QED) is 0.744. The molecular formula is C21H21BrN2O2. The van der Waals surface area contributed by atoms with Gasteiger partial charge in [0, 0.05) is 30.0 Å². The molecule has 134 valence electrons. The summed E-state index contributed by atoms with van der Waals surface area (Å²) in [4.78, 5) is 29.4. The molecule has 1 unspecified atom stereocenters. The van der Waals surface area contributed by atoms with Gasteiger partial charge in [0.25, 0.3) is 0 Å². The summed E-state index contributed by atoms with van der Waals surface area (Å²) >= 11 is 3.51. The van der Waals surface area contributed by atoms with Crippen LogP contribution in [0.15, 0.2) is 59.1 Å². The van der Waals surface area contributed by atoms with Gasteiger partial charge in [-0.05, 0) is 46.5 Å². The summed E-state index contributed by atoms with van der Waals surface area (Å²) in [5, 5.41) is 0. The first-order valence-electron chi connectivity index (χ1n) is 9.03. The molecule has 4 rings (SSSR count). The van der Waals surface area contributed by atoms with Gasteiger partial charge in [-0.15, -0.1) is 0 Å². The molecule has 1 heterocycles. The minimum absolute atomic E-state index is 0.0192. The number of para-hydroxylation sites is 1. The summed E-state index contributed by atoms with van der Waals surface area (Å²) in [6, 6.07) is 18.1. The van der Waals surface area contributed by atoms with Crippen LogP contribution in [0.4, 0.5) is 5.69 Å². The average Bonchev–Trinajstić information content (AvgIpc) is 3.42. The normalized spacial score (nSPS) is 19.7. The van der Waals surface area contributed by atoms with Crippen molar-refractivity contribution in [3.63, 3.8) is 0 Å². The number of halogens is 1. The molecule has 0 spiro atoms. The van der Waals surface area contributed by atoms with Gasteiger partial charge in [-0.3, -0.25) is 9.59 Å². The topological polar surface area (TPSA) is 40.6 Å². The van der Waals surface area contributed by atoms with Crippen molar-refractivity contribution in [1.82, 2.24) is 4.90 Å². The van der Waals surface area contributed by atoms with Gasteiger partial charge >= 0.3 is 0 Å². The second-order valence-electron chi connectivity index (χ2n) is 7.04. The van der Waals surface area contributed by atoms with E-state index >= 15 is 0 Å². The van der Waals surface area contributed by atoms with Crippen molar-refractivity contribution in [1.29, 1.82) is 0 Å². The van der Waals surface area contributed by atoms with E-state index in [9.17, 15) is 9.59 Å². The molecule has 1 saturated heterocycles. The van der Waals surface area contributed by atoms with Gasteiger partial charge in [-0.25, -0.2) is 0 Å². The van der Waals surface area contributed by atoms with Crippen molar-refractivity contribution < 1.29 is 9.59 Å². The number of rotatable bonds is 5. The molecule has 2 amide bonds. The molecule has 0 radical (unpaired) electrons. The van der Waals surface area contributed by atoms with Crippen LogP contribution in [-0.4, -0.2) is 29.3 Å². The lowest BCUT2D eigenvalue weighted by Crippen LogP contribution is -2.38. The standard InChI is InChI=1S/C21H21BrN2O2/c22-18-8-4-5-9-19(18)24-14-16(12-20(24)25)21(26)23(17-10-11-17)13-15-6-2-1-3-7-15/h1-9,16-17H,10-14H2. The highest BCUT2D eigenvalue weighted by Crippen LogP contribution is 2.35. The largest absolute Gasteiger partial charge is 0.335 e. The summed E-state index contributed by atoms with van der Waals surface area (Å²) in [6.07, 6.45) is 2.42. The van der Waals surface area contributed by atoms with E-state index < -0.39 is 0 Å². The second kappa shape index (κ2) is 7.23. The van der Waals surface area contributed by atoms with E-state index in [4.69, 9.17) is 0 Å². The van der Waals surface area contributed by atoms with Crippen LogP contribution in [0.25, 0.3) is 0 Å². The van der Waals surface area contributed by atoms with E-state index in [1.165, 1.54) is 0 Å². The summed E-state index contributed by atoms with van der Waals surface area (Å²) in [5.41, 5.74) is 1.98. The monoisotopic (exact) mass is 412 g/mol. The van der Waals surface area contributed by atoms with Crippen LogP contribution in [0, 0.1) is 5.92 Å². The molecule has 4 nitrogen and oxygen atoms in total.